The van der Waals surface area contributed by atoms with Crippen LogP contribution in [0.1, 0.15) is 5.69 Å². The summed E-state index contributed by atoms with van der Waals surface area (Å²) in [4.78, 5) is 14.7. The van der Waals surface area contributed by atoms with Crippen LogP contribution in [-0.4, -0.2) is 48.9 Å². The first-order valence-electron chi connectivity index (χ1n) is 4.61. The van der Waals surface area contributed by atoms with Crippen molar-refractivity contribution in [3.8, 4) is 0 Å². The Kier molecular flexibility index (Phi) is 4.02. The van der Waals surface area contributed by atoms with E-state index < -0.39 is 16.2 Å². The molecule has 0 N–H and O–H groups in total. The van der Waals surface area contributed by atoms with E-state index in [1.54, 1.807) is 0 Å². The maximum Gasteiger partial charge on any atom is 0.330 e. The number of rotatable bonds is 4. The minimum Gasteiger partial charge on any atom is -0.466 e. The molecule has 0 aliphatic carbocycles. The lowest BCUT2D eigenvalue weighted by atomic mass is 10.4. The van der Waals surface area contributed by atoms with Crippen LogP contribution in [0, 0.1) is 0 Å². The Morgan fingerprint density at radius 2 is 2.18 bits per heavy atom. The second-order valence-electron chi connectivity index (χ2n) is 3.28. The van der Waals surface area contributed by atoms with E-state index in [-0.39, 0.29) is 0 Å². The minimum absolute atomic E-state index is 0.348. The van der Waals surface area contributed by atoms with E-state index in [2.05, 4.69) is 9.72 Å². The molecule has 1 aromatic heterocycles. The van der Waals surface area contributed by atoms with Gasteiger partial charge in [0, 0.05) is 26.4 Å². The van der Waals surface area contributed by atoms with E-state index in [1.165, 1.54) is 33.5 Å². The molecule has 0 saturated carbocycles. The first kappa shape index (κ1) is 13.4. The van der Waals surface area contributed by atoms with Gasteiger partial charge in [0.05, 0.1) is 12.8 Å². The smallest absolute Gasteiger partial charge is 0.330 e. The third-order valence-electron chi connectivity index (χ3n) is 1.90. The summed E-state index contributed by atoms with van der Waals surface area (Å²) < 4.78 is 29.8. The lowest BCUT2D eigenvalue weighted by Crippen LogP contribution is -2.27. The second kappa shape index (κ2) is 5.11. The zero-order chi connectivity index (χ0) is 13.1. The van der Waals surface area contributed by atoms with Crippen molar-refractivity contribution in [1.82, 2.24) is 13.3 Å². The molecule has 0 atom stereocenters. The Balaban J connectivity index is 2.94. The molecule has 0 radical (unpaired) electrons. The van der Waals surface area contributed by atoms with Crippen molar-refractivity contribution >= 4 is 22.3 Å². The van der Waals surface area contributed by atoms with E-state index in [0.29, 0.717) is 5.69 Å². The molecule has 94 valence electrons. The van der Waals surface area contributed by atoms with Crippen molar-refractivity contribution in [2.45, 2.75) is 0 Å². The standard InChI is InChI=1S/C9H13N3O4S/c1-11(2)17(14,15)12-6-8(10-7-12)4-5-9(13)16-3/h4-7H,1-3H3/b5-4-. The topological polar surface area (TPSA) is 81.5 Å². The van der Waals surface area contributed by atoms with E-state index in [9.17, 15) is 13.2 Å². The molecule has 0 aliphatic rings. The maximum absolute atomic E-state index is 11.7. The molecule has 17 heavy (non-hydrogen) atoms. The number of ether oxygens (including phenoxy) is 1. The lowest BCUT2D eigenvalue weighted by Gasteiger charge is -2.10. The second-order valence-corrected chi connectivity index (χ2v) is 5.32. The van der Waals surface area contributed by atoms with Crippen LogP contribution in [-0.2, 0) is 19.7 Å². The number of imidazole rings is 1. The third-order valence-corrected chi connectivity index (χ3v) is 3.55. The van der Waals surface area contributed by atoms with Crippen molar-refractivity contribution in [1.29, 1.82) is 0 Å². The van der Waals surface area contributed by atoms with Crippen LogP contribution >= 0.6 is 0 Å². The van der Waals surface area contributed by atoms with Gasteiger partial charge in [-0.15, -0.1) is 0 Å². The average molecular weight is 259 g/mol. The SMILES string of the molecule is COC(=O)/C=C\c1cn(S(=O)(=O)N(C)C)cn1. The highest BCUT2D eigenvalue weighted by Crippen LogP contribution is 2.05. The van der Waals surface area contributed by atoms with Gasteiger partial charge in [-0.1, -0.05) is 0 Å². The van der Waals surface area contributed by atoms with Gasteiger partial charge in [0.15, 0.2) is 0 Å². The van der Waals surface area contributed by atoms with Crippen LogP contribution in [0.4, 0.5) is 0 Å². The fourth-order valence-electron chi connectivity index (χ4n) is 0.943. The summed E-state index contributed by atoms with van der Waals surface area (Å²) in [6.45, 7) is 0. The molecule has 0 bridgehead atoms. The molecule has 1 rings (SSSR count). The molecule has 0 aliphatic heterocycles. The Bertz CT molecular complexity index is 530. The van der Waals surface area contributed by atoms with Gasteiger partial charge < -0.3 is 4.74 Å². The van der Waals surface area contributed by atoms with Crippen molar-refractivity contribution in [2.24, 2.45) is 0 Å². The number of carbonyl (C=O) groups is 1. The predicted molar refractivity (Wildman–Crippen MR) is 61.3 cm³/mol. The van der Waals surface area contributed by atoms with E-state index >= 15 is 0 Å². The van der Waals surface area contributed by atoms with Crippen LogP contribution in [0.2, 0.25) is 0 Å². The van der Waals surface area contributed by atoms with E-state index in [4.69, 9.17) is 0 Å². The number of methoxy groups -OCH3 is 1. The molecule has 0 saturated heterocycles. The summed E-state index contributed by atoms with van der Waals surface area (Å²) in [5, 5.41) is 0. The largest absolute Gasteiger partial charge is 0.466 e. The van der Waals surface area contributed by atoms with Gasteiger partial charge in [-0.25, -0.2) is 13.8 Å². The maximum atomic E-state index is 11.7. The molecule has 0 fully saturated rings. The number of carbonyl (C=O) groups excluding carboxylic acids is 1. The van der Waals surface area contributed by atoms with Crippen molar-refractivity contribution in [3.05, 3.63) is 24.3 Å². The van der Waals surface area contributed by atoms with E-state index in [0.717, 1.165) is 20.7 Å². The van der Waals surface area contributed by atoms with Gasteiger partial charge in [-0.2, -0.15) is 12.7 Å². The monoisotopic (exact) mass is 259 g/mol. The molecule has 1 aromatic rings. The number of nitrogens with zero attached hydrogens (tertiary/aromatic N) is 3. The molecular formula is C9H13N3O4S. The van der Waals surface area contributed by atoms with Gasteiger partial charge >= 0.3 is 16.2 Å². The molecular weight excluding hydrogens is 246 g/mol. The summed E-state index contributed by atoms with van der Waals surface area (Å²) in [7, 11) is 0.521. The Morgan fingerprint density at radius 3 is 2.71 bits per heavy atom. The fourth-order valence-corrected chi connectivity index (χ4v) is 1.73. The molecule has 7 nitrogen and oxygen atoms in total. The van der Waals surface area contributed by atoms with Gasteiger partial charge in [-0.3, -0.25) is 0 Å². The van der Waals surface area contributed by atoms with Crippen molar-refractivity contribution < 1.29 is 17.9 Å². The quantitative estimate of drug-likeness (QED) is 0.549. The van der Waals surface area contributed by atoms with Crippen LogP contribution in [0.25, 0.3) is 6.08 Å². The van der Waals surface area contributed by atoms with Gasteiger partial charge in [0.1, 0.15) is 6.33 Å². The highest BCUT2D eigenvalue weighted by atomic mass is 32.2. The molecule has 1 heterocycles. The molecule has 0 aromatic carbocycles. The lowest BCUT2D eigenvalue weighted by molar-refractivity contribution is -0.134. The molecule has 0 unspecified atom stereocenters. The zero-order valence-corrected chi connectivity index (χ0v) is 10.5. The highest BCUT2D eigenvalue weighted by molar-refractivity contribution is 7.87. The fraction of sp³-hybridized carbons (Fsp3) is 0.333. The molecule has 0 amide bonds. The van der Waals surface area contributed by atoms with E-state index in [1.807, 2.05) is 0 Å². The molecule has 0 spiro atoms. The molecule has 8 heteroatoms. The Hall–Kier alpha value is -1.67. The summed E-state index contributed by atoms with van der Waals surface area (Å²) in [6, 6.07) is 0. The number of aromatic nitrogens is 2. The summed E-state index contributed by atoms with van der Waals surface area (Å²) in [5.41, 5.74) is 0.348. The van der Waals surface area contributed by atoms with Gasteiger partial charge in [0.25, 0.3) is 0 Å². The highest BCUT2D eigenvalue weighted by Gasteiger charge is 2.15. The number of esters is 1. The van der Waals surface area contributed by atoms with Gasteiger partial charge in [0.2, 0.25) is 0 Å². The van der Waals surface area contributed by atoms with Crippen LogP contribution in [0.5, 0.6) is 0 Å². The van der Waals surface area contributed by atoms with Crippen LogP contribution in [0.15, 0.2) is 18.6 Å². The number of hydrogen-bond donors (Lipinski definition) is 0. The first-order valence-corrected chi connectivity index (χ1v) is 6.00. The minimum atomic E-state index is -3.56. The average Bonchev–Trinajstić information content (AvgIpc) is 2.74. The Morgan fingerprint density at radius 1 is 1.53 bits per heavy atom. The van der Waals surface area contributed by atoms with Crippen LogP contribution < -0.4 is 0 Å². The predicted octanol–water partition coefficient (Wildman–Crippen LogP) is -0.276. The van der Waals surface area contributed by atoms with Crippen molar-refractivity contribution in [2.75, 3.05) is 21.2 Å². The Labute approximate surface area is 99.5 Å². The summed E-state index contributed by atoms with van der Waals surface area (Å²) >= 11 is 0. The number of hydrogen-bond acceptors (Lipinski definition) is 5. The zero-order valence-electron chi connectivity index (χ0n) is 9.69. The van der Waals surface area contributed by atoms with Crippen molar-refractivity contribution in [3.63, 3.8) is 0 Å². The third kappa shape index (κ3) is 3.14. The normalized spacial score (nSPS) is 12.2. The summed E-state index contributed by atoms with van der Waals surface area (Å²) in [5.74, 6) is -0.532. The van der Waals surface area contributed by atoms with Gasteiger partial charge in [-0.05, 0) is 6.08 Å². The van der Waals surface area contributed by atoms with Crippen LogP contribution in [0.3, 0.4) is 0 Å². The summed E-state index contributed by atoms with van der Waals surface area (Å²) in [6.07, 6.45) is 4.99. The first-order chi connectivity index (χ1) is 7.87.